The van der Waals surface area contributed by atoms with Crippen LogP contribution >= 0.6 is 0 Å². The zero-order valence-corrected chi connectivity index (χ0v) is 8.93. The van der Waals surface area contributed by atoms with Crippen molar-refractivity contribution >= 4 is 18.0 Å². The molecule has 2 amide bonds. The lowest BCUT2D eigenvalue weighted by Crippen LogP contribution is -2.39. The Bertz CT molecular complexity index is 304. The van der Waals surface area contributed by atoms with Crippen LogP contribution in [0.3, 0.4) is 0 Å². The number of rotatable bonds is 3. The Morgan fingerprint density at radius 2 is 2.19 bits per heavy atom. The molecule has 0 aromatic rings. The smallest absolute Gasteiger partial charge is 0.413 e. The van der Waals surface area contributed by atoms with Gasteiger partial charge in [-0.2, -0.15) is 0 Å². The summed E-state index contributed by atoms with van der Waals surface area (Å²) in [5.41, 5.74) is 0. The van der Waals surface area contributed by atoms with Gasteiger partial charge in [0.25, 0.3) is 0 Å². The highest BCUT2D eigenvalue weighted by Crippen LogP contribution is 2.15. The molecule has 7 heteroatoms. The third-order valence-corrected chi connectivity index (χ3v) is 2.42. The molecule has 1 aliphatic heterocycles. The van der Waals surface area contributed by atoms with Gasteiger partial charge < -0.3 is 9.84 Å². The third kappa shape index (κ3) is 3.50. The number of carboxylic acids is 1. The SMILES string of the molecule is COC(=O)NC(=O)CN1CCC(C(=O)O)C1. The molecule has 2 N–H and O–H groups in total. The van der Waals surface area contributed by atoms with E-state index in [0.717, 1.165) is 0 Å². The van der Waals surface area contributed by atoms with Crippen molar-refractivity contribution < 1.29 is 24.2 Å². The van der Waals surface area contributed by atoms with Crippen molar-refractivity contribution in [3.8, 4) is 0 Å². The molecule has 90 valence electrons. The molecule has 0 aromatic heterocycles. The van der Waals surface area contributed by atoms with Crippen LogP contribution in [0.2, 0.25) is 0 Å². The van der Waals surface area contributed by atoms with Crippen LogP contribution in [0.15, 0.2) is 0 Å². The Kier molecular flexibility index (Phi) is 4.24. The minimum absolute atomic E-state index is 0.0128. The van der Waals surface area contributed by atoms with Gasteiger partial charge in [0, 0.05) is 6.54 Å². The normalized spacial score (nSPS) is 20.4. The highest BCUT2D eigenvalue weighted by molar-refractivity contribution is 5.92. The number of alkyl carbamates (subject to hydrolysis) is 1. The molecule has 1 rings (SSSR count). The van der Waals surface area contributed by atoms with Gasteiger partial charge in [0.1, 0.15) is 0 Å². The molecule has 0 radical (unpaired) electrons. The van der Waals surface area contributed by atoms with Gasteiger partial charge in [-0.05, 0) is 13.0 Å². The zero-order valence-electron chi connectivity index (χ0n) is 8.93. The highest BCUT2D eigenvalue weighted by atomic mass is 16.5. The first-order valence-electron chi connectivity index (χ1n) is 4.86. The molecule has 1 aliphatic rings. The molecule has 1 unspecified atom stereocenters. The van der Waals surface area contributed by atoms with Crippen molar-refractivity contribution in [2.45, 2.75) is 6.42 Å². The molecular formula is C9H14N2O5. The number of hydrogen-bond acceptors (Lipinski definition) is 5. The van der Waals surface area contributed by atoms with Crippen LogP contribution in [-0.2, 0) is 14.3 Å². The average molecular weight is 230 g/mol. The van der Waals surface area contributed by atoms with Gasteiger partial charge in [-0.25, -0.2) is 4.79 Å². The summed E-state index contributed by atoms with van der Waals surface area (Å²) < 4.78 is 4.26. The Labute approximate surface area is 92.4 Å². The number of likely N-dealkylation sites (tertiary alicyclic amines) is 1. The topological polar surface area (TPSA) is 95.9 Å². The summed E-state index contributed by atoms with van der Waals surface area (Å²) in [4.78, 5) is 34.3. The molecule has 1 fully saturated rings. The zero-order chi connectivity index (χ0) is 12.1. The number of carbonyl (C=O) groups excluding carboxylic acids is 2. The van der Waals surface area contributed by atoms with Crippen molar-refractivity contribution in [3.05, 3.63) is 0 Å². The van der Waals surface area contributed by atoms with E-state index in [-0.39, 0.29) is 6.54 Å². The predicted molar refractivity (Wildman–Crippen MR) is 52.7 cm³/mol. The van der Waals surface area contributed by atoms with E-state index in [1.807, 2.05) is 5.32 Å². The highest BCUT2D eigenvalue weighted by Gasteiger charge is 2.29. The maximum absolute atomic E-state index is 11.2. The Morgan fingerprint density at radius 1 is 1.50 bits per heavy atom. The number of amides is 2. The fraction of sp³-hybridized carbons (Fsp3) is 0.667. The summed E-state index contributed by atoms with van der Waals surface area (Å²) in [7, 11) is 1.17. The number of nitrogens with zero attached hydrogens (tertiary/aromatic N) is 1. The molecule has 0 bridgehead atoms. The lowest BCUT2D eigenvalue weighted by atomic mass is 10.1. The van der Waals surface area contributed by atoms with Gasteiger partial charge in [-0.15, -0.1) is 0 Å². The van der Waals surface area contributed by atoms with E-state index >= 15 is 0 Å². The van der Waals surface area contributed by atoms with Crippen LogP contribution in [0, 0.1) is 5.92 Å². The molecular weight excluding hydrogens is 216 g/mol. The number of imide groups is 1. The minimum atomic E-state index is -0.851. The monoisotopic (exact) mass is 230 g/mol. The summed E-state index contributed by atoms with van der Waals surface area (Å²) in [6.07, 6.45) is -0.278. The molecule has 0 spiro atoms. The Hall–Kier alpha value is -1.63. The van der Waals surface area contributed by atoms with Crippen LogP contribution < -0.4 is 5.32 Å². The number of aliphatic carboxylic acids is 1. The van der Waals surface area contributed by atoms with E-state index in [0.29, 0.717) is 19.5 Å². The summed E-state index contributed by atoms with van der Waals surface area (Å²) >= 11 is 0. The summed E-state index contributed by atoms with van der Waals surface area (Å²) in [6.45, 7) is 0.897. The van der Waals surface area contributed by atoms with Gasteiger partial charge in [0.15, 0.2) is 0 Å². The van der Waals surface area contributed by atoms with Gasteiger partial charge >= 0.3 is 12.1 Å². The molecule has 7 nitrogen and oxygen atoms in total. The molecule has 1 atom stereocenters. The second kappa shape index (κ2) is 5.45. The van der Waals surface area contributed by atoms with Crippen molar-refractivity contribution in [3.63, 3.8) is 0 Å². The Morgan fingerprint density at radius 3 is 2.69 bits per heavy atom. The average Bonchev–Trinajstić information content (AvgIpc) is 2.65. The number of ether oxygens (including phenoxy) is 1. The second-order valence-electron chi connectivity index (χ2n) is 3.60. The fourth-order valence-corrected chi connectivity index (χ4v) is 1.59. The van der Waals surface area contributed by atoms with Crippen molar-refractivity contribution in [2.24, 2.45) is 5.92 Å². The standard InChI is InChI=1S/C9H14N2O5/c1-16-9(15)10-7(12)5-11-3-2-6(4-11)8(13)14/h6H,2-5H2,1H3,(H,13,14)(H,10,12,15). The van der Waals surface area contributed by atoms with E-state index in [4.69, 9.17) is 5.11 Å². The minimum Gasteiger partial charge on any atom is -0.481 e. The van der Waals surface area contributed by atoms with Crippen molar-refractivity contribution in [1.29, 1.82) is 0 Å². The van der Waals surface area contributed by atoms with Crippen LogP contribution in [0.5, 0.6) is 0 Å². The van der Waals surface area contributed by atoms with Crippen molar-refractivity contribution in [2.75, 3.05) is 26.7 Å². The number of nitrogens with one attached hydrogen (secondary N) is 1. The molecule has 1 saturated heterocycles. The van der Waals surface area contributed by atoms with Crippen LogP contribution in [0.4, 0.5) is 4.79 Å². The maximum atomic E-state index is 11.2. The van der Waals surface area contributed by atoms with Gasteiger partial charge in [0.05, 0.1) is 19.6 Å². The number of methoxy groups -OCH3 is 1. The molecule has 16 heavy (non-hydrogen) atoms. The number of carboxylic acid groups (broad SMARTS) is 1. The summed E-state index contributed by atoms with van der Waals surface area (Å²) in [6, 6.07) is 0. The van der Waals surface area contributed by atoms with Crippen LogP contribution in [0.1, 0.15) is 6.42 Å². The quantitative estimate of drug-likeness (QED) is 0.664. The first-order valence-corrected chi connectivity index (χ1v) is 4.86. The number of hydrogen-bond donors (Lipinski definition) is 2. The van der Waals surface area contributed by atoms with Gasteiger partial charge in [-0.1, -0.05) is 0 Å². The van der Waals surface area contributed by atoms with Gasteiger partial charge in [-0.3, -0.25) is 19.8 Å². The first-order chi connectivity index (χ1) is 7.52. The summed E-state index contributed by atoms with van der Waals surface area (Å²) in [5, 5.41) is 10.8. The molecule has 0 aliphatic carbocycles. The van der Waals surface area contributed by atoms with E-state index in [2.05, 4.69) is 4.74 Å². The fourth-order valence-electron chi connectivity index (χ4n) is 1.59. The number of carbonyl (C=O) groups is 3. The van der Waals surface area contributed by atoms with Crippen LogP contribution in [0.25, 0.3) is 0 Å². The van der Waals surface area contributed by atoms with Gasteiger partial charge in [0.2, 0.25) is 5.91 Å². The summed E-state index contributed by atoms with van der Waals surface area (Å²) in [5.74, 6) is -1.76. The lowest BCUT2D eigenvalue weighted by Gasteiger charge is -2.13. The molecule has 1 heterocycles. The van der Waals surface area contributed by atoms with E-state index in [1.54, 1.807) is 4.90 Å². The lowest BCUT2D eigenvalue weighted by molar-refractivity contribution is -0.141. The second-order valence-corrected chi connectivity index (χ2v) is 3.60. The first kappa shape index (κ1) is 12.4. The maximum Gasteiger partial charge on any atom is 0.413 e. The Balaban J connectivity index is 2.31. The molecule has 0 saturated carbocycles. The van der Waals surface area contributed by atoms with Crippen molar-refractivity contribution in [1.82, 2.24) is 10.2 Å². The molecule has 0 aromatic carbocycles. The van der Waals surface area contributed by atoms with E-state index in [1.165, 1.54) is 7.11 Å². The van der Waals surface area contributed by atoms with E-state index < -0.39 is 23.9 Å². The third-order valence-electron chi connectivity index (χ3n) is 2.42. The largest absolute Gasteiger partial charge is 0.481 e. The van der Waals surface area contributed by atoms with Crippen LogP contribution in [-0.4, -0.2) is 54.7 Å². The van der Waals surface area contributed by atoms with E-state index in [9.17, 15) is 14.4 Å². The predicted octanol–water partition coefficient (Wildman–Crippen LogP) is -0.724.